The van der Waals surface area contributed by atoms with Crippen molar-refractivity contribution in [2.75, 3.05) is 11.9 Å². The molecule has 0 radical (unpaired) electrons. The van der Waals surface area contributed by atoms with Gasteiger partial charge in [0, 0.05) is 6.54 Å². The van der Waals surface area contributed by atoms with Gasteiger partial charge in [-0.05, 0) is 31.0 Å². The fourth-order valence-electron chi connectivity index (χ4n) is 1.89. The van der Waals surface area contributed by atoms with Crippen LogP contribution in [0.5, 0.6) is 5.75 Å². The summed E-state index contributed by atoms with van der Waals surface area (Å²) in [7, 11) is 0. The van der Waals surface area contributed by atoms with Crippen molar-refractivity contribution in [2.24, 2.45) is 0 Å². The zero-order valence-corrected chi connectivity index (χ0v) is 10.8. The second kappa shape index (κ2) is 6.04. The first-order chi connectivity index (χ1) is 8.06. The van der Waals surface area contributed by atoms with Gasteiger partial charge in [0.1, 0.15) is 5.75 Å². The molecule has 1 heterocycles. The molecule has 4 N–H and O–H groups in total. The Morgan fingerprint density at radius 1 is 1.50 bits per heavy atom. The van der Waals surface area contributed by atoms with Gasteiger partial charge in [0.25, 0.3) is 0 Å². The van der Waals surface area contributed by atoms with Crippen LogP contribution in [-0.4, -0.2) is 34.8 Å². The Labute approximate surface area is 112 Å². The maximum absolute atomic E-state index is 11.8. The summed E-state index contributed by atoms with van der Waals surface area (Å²) in [6.07, 6.45) is -0.0739. The van der Waals surface area contributed by atoms with Crippen LogP contribution in [-0.2, 0) is 4.79 Å². The lowest BCUT2D eigenvalue weighted by Gasteiger charge is -2.12. The van der Waals surface area contributed by atoms with E-state index in [1.807, 2.05) is 6.92 Å². The van der Waals surface area contributed by atoms with Crippen molar-refractivity contribution in [1.82, 2.24) is 5.32 Å². The molecule has 1 aliphatic rings. The van der Waals surface area contributed by atoms with Crippen LogP contribution >= 0.6 is 12.4 Å². The Hall–Kier alpha value is -1.30. The molecule has 18 heavy (non-hydrogen) atoms. The molecular weight excluding hydrogens is 256 g/mol. The summed E-state index contributed by atoms with van der Waals surface area (Å²) in [6.45, 7) is 2.31. The summed E-state index contributed by atoms with van der Waals surface area (Å²) in [5.74, 6) is -0.190. The molecule has 0 bridgehead atoms. The highest BCUT2D eigenvalue weighted by Crippen LogP contribution is 2.24. The summed E-state index contributed by atoms with van der Waals surface area (Å²) in [6, 6.07) is 4.62. The minimum atomic E-state index is -0.475. The van der Waals surface area contributed by atoms with E-state index in [0.717, 1.165) is 5.56 Å². The summed E-state index contributed by atoms with van der Waals surface area (Å²) >= 11 is 0. The monoisotopic (exact) mass is 272 g/mol. The predicted octanol–water partition coefficient (Wildman–Crippen LogP) is 0.784. The van der Waals surface area contributed by atoms with Crippen molar-refractivity contribution < 1.29 is 15.0 Å². The van der Waals surface area contributed by atoms with E-state index in [0.29, 0.717) is 18.7 Å². The van der Waals surface area contributed by atoms with Gasteiger partial charge in [-0.1, -0.05) is 6.07 Å². The number of benzene rings is 1. The van der Waals surface area contributed by atoms with Crippen LogP contribution in [0.25, 0.3) is 0 Å². The molecule has 1 saturated heterocycles. The van der Waals surface area contributed by atoms with E-state index in [-0.39, 0.29) is 24.1 Å². The second-order valence-electron chi connectivity index (χ2n) is 4.36. The van der Waals surface area contributed by atoms with Gasteiger partial charge in [-0.25, -0.2) is 0 Å². The molecule has 1 aromatic carbocycles. The highest BCUT2D eigenvalue weighted by atomic mass is 35.5. The number of aliphatic hydroxyl groups is 1. The SMILES string of the molecule is Cc1ccc(O)c(NC(=O)C2CC(O)CN2)c1.Cl. The number of phenolic OH excluding ortho intramolecular Hbond substituents is 1. The highest BCUT2D eigenvalue weighted by Gasteiger charge is 2.28. The molecule has 0 aromatic heterocycles. The molecular formula is C12H17ClN2O3. The average molecular weight is 273 g/mol. The van der Waals surface area contributed by atoms with E-state index in [1.165, 1.54) is 0 Å². The molecule has 1 amide bonds. The van der Waals surface area contributed by atoms with Crippen molar-refractivity contribution in [2.45, 2.75) is 25.5 Å². The highest BCUT2D eigenvalue weighted by molar-refractivity contribution is 5.96. The van der Waals surface area contributed by atoms with E-state index in [9.17, 15) is 15.0 Å². The maximum atomic E-state index is 11.8. The molecule has 1 aliphatic heterocycles. The third kappa shape index (κ3) is 3.35. The molecule has 5 nitrogen and oxygen atoms in total. The Morgan fingerprint density at radius 2 is 2.22 bits per heavy atom. The first-order valence-electron chi connectivity index (χ1n) is 5.58. The number of aliphatic hydroxyl groups excluding tert-OH is 1. The third-order valence-electron chi connectivity index (χ3n) is 2.83. The van der Waals surface area contributed by atoms with Crippen LogP contribution in [0.1, 0.15) is 12.0 Å². The normalized spacial score (nSPS) is 22.3. The third-order valence-corrected chi connectivity index (χ3v) is 2.83. The van der Waals surface area contributed by atoms with Crippen molar-refractivity contribution >= 4 is 24.0 Å². The number of carbonyl (C=O) groups excluding carboxylic acids is 1. The second-order valence-corrected chi connectivity index (χ2v) is 4.36. The molecule has 1 fully saturated rings. The molecule has 100 valence electrons. The summed E-state index contributed by atoms with van der Waals surface area (Å²) in [5, 5.41) is 24.5. The fraction of sp³-hybridized carbons (Fsp3) is 0.417. The Kier molecular flexibility index (Phi) is 4.95. The zero-order valence-electron chi connectivity index (χ0n) is 10.0. The first-order valence-corrected chi connectivity index (χ1v) is 5.58. The van der Waals surface area contributed by atoms with Crippen LogP contribution in [0, 0.1) is 6.92 Å². The number of amides is 1. The predicted molar refractivity (Wildman–Crippen MR) is 71.1 cm³/mol. The lowest BCUT2D eigenvalue weighted by atomic mass is 10.1. The number of hydrogen-bond donors (Lipinski definition) is 4. The Bertz CT molecular complexity index is 439. The standard InChI is InChI=1S/C12H16N2O3.ClH/c1-7-2-3-11(16)9(4-7)14-12(17)10-5-8(15)6-13-10;/h2-4,8,10,13,15-16H,5-6H2,1H3,(H,14,17);1H. The van der Waals surface area contributed by atoms with Crippen LogP contribution in [0.2, 0.25) is 0 Å². The molecule has 2 rings (SSSR count). The molecule has 2 atom stereocenters. The number of halogens is 1. The number of anilines is 1. The molecule has 2 unspecified atom stereocenters. The number of hydrogen-bond acceptors (Lipinski definition) is 4. The smallest absolute Gasteiger partial charge is 0.241 e. The fourth-order valence-corrected chi connectivity index (χ4v) is 1.89. The van der Waals surface area contributed by atoms with E-state index < -0.39 is 12.1 Å². The summed E-state index contributed by atoms with van der Waals surface area (Å²) in [5.41, 5.74) is 1.36. The van der Waals surface area contributed by atoms with Crippen LogP contribution in [0.15, 0.2) is 18.2 Å². The molecule has 0 aliphatic carbocycles. The number of carbonyl (C=O) groups is 1. The summed E-state index contributed by atoms with van der Waals surface area (Å²) < 4.78 is 0. The topological polar surface area (TPSA) is 81.6 Å². The molecule has 0 spiro atoms. The minimum absolute atomic E-state index is 0. The van der Waals surface area contributed by atoms with Gasteiger partial charge >= 0.3 is 0 Å². The van der Waals surface area contributed by atoms with Crippen molar-refractivity contribution in [3.63, 3.8) is 0 Å². The quantitative estimate of drug-likeness (QED) is 0.600. The number of aromatic hydroxyl groups is 1. The van der Waals surface area contributed by atoms with E-state index >= 15 is 0 Å². The van der Waals surface area contributed by atoms with Gasteiger partial charge in [-0.2, -0.15) is 0 Å². The number of β-amino-alcohol motifs (C(OH)–C–C–N with tert-alkyl or cyclic N) is 1. The van der Waals surface area contributed by atoms with Gasteiger partial charge in [-0.15, -0.1) is 12.4 Å². The van der Waals surface area contributed by atoms with E-state index in [1.54, 1.807) is 18.2 Å². The average Bonchev–Trinajstić information content (AvgIpc) is 2.70. The summed E-state index contributed by atoms with van der Waals surface area (Å²) in [4.78, 5) is 11.8. The lowest BCUT2D eigenvalue weighted by molar-refractivity contribution is -0.117. The Morgan fingerprint density at radius 3 is 2.83 bits per heavy atom. The van der Waals surface area contributed by atoms with Crippen molar-refractivity contribution in [3.8, 4) is 5.75 Å². The number of nitrogens with one attached hydrogen (secondary N) is 2. The molecule has 1 aromatic rings. The van der Waals surface area contributed by atoms with Gasteiger partial charge in [0.2, 0.25) is 5.91 Å². The van der Waals surface area contributed by atoms with Gasteiger partial charge in [0.05, 0.1) is 17.8 Å². The molecule has 6 heteroatoms. The largest absolute Gasteiger partial charge is 0.506 e. The van der Waals surface area contributed by atoms with Gasteiger partial charge in [-0.3, -0.25) is 4.79 Å². The number of rotatable bonds is 2. The number of phenols is 1. The van der Waals surface area contributed by atoms with Crippen LogP contribution < -0.4 is 10.6 Å². The zero-order chi connectivity index (χ0) is 12.4. The van der Waals surface area contributed by atoms with Crippen LogP contribution in [0.3, 0.4) is 0 Å². The maximum Gasteiger partial charge on any atom is 0.241 e. The van der Waals surface area contributed by atoms with Crippen molar-refractivity contribution in [1.29, 1.82) is 0 Å². The van der Waals surface area contributed by atoms with E-state index in [4.69, 9.17) is 0 Å². The minimum Gasteiger partial charge on any atom is -0.506 e. The van der Waals surface area contributed by atoms with Gasteiger partial charge < -0.3 is 20.8 Å². The van der Waals surface area contributed by atoms with Crippen LogP contribution in [0.4, 0.5) is 5.69 Å². The van der Waals surface area contributed by atoms with Crippen molar-refractivity contribution in [3.05, 3.63) is 23.8 Å². The molecule has 0 saturated carbocycles. The lowest BCUT2D eigenvalue weighted by Crippen LogP contribution is -2.35. The Balaban J connectivity index is 0.00000162. The first kappa shape index (κ1) is 14.8. The number of aryl methyl sites for hydroxylation is 1. The van der Waals surface area contributed by atoms with E-state index in [2.05, 4.69) is 10.6 Å². The van der Waals surface area contributed by atoms with Gasteiger partial charge in [0.15, 0.2) is 0 Å².